The summed E-state index contributed by atoms with van der Waals surface area (Å²) in [5, 5.41) is 0. The number of nitrogens with zero attached hydrogens (tertiary/aromatic N) is 2. The first-order valence-electron chi connectivity index (χ1n) is 5.15. The van der Waals surface area contributed by atoms with Crippen molar-refractivity contribution in [2.45, 2.75) is 19.4 Å². The average Bonchev–Trinajstić information content (AvgIpc) is 2.80. The van der Waals surface area contributed by atoms with Gasteiger partial charge in [-0.2, -0.15) is 0 Å². The van der Waals surface area contributed by atoms with Crippen LogP contribution in [0.15, 0.2) is 34.9 Å². The van der Waals surface area contributed by atoms with Crippen molar-refractivity contribution in [3.8, 4) is 11.3 Å². The van der Waals surface area contributed by atoms with Gasteiger partial charge in [-0.15, -0.1) is 0 Å². The number of hydrogen-bond donors (Lipinski definition) is 0. The van der Waals surface area contributed by atoms with Crippen molar-refractivity contribution in [1.29, 1.82) is 0 Å². The smallest absolute Gasteiger partial charge is 0.109 e. The molecular formula is C12H11BrClN2-. The zero-order valence-corrected chi connectivity index (χ0v) is 11.0. The van der Waals surface area contributed by atoms with Crippen molar-refractivity contribution in [2.24, 2.45) is 0 Å². The van der Waals surface area contributed by atoms with Crippen LogP contribution in [0.4, 0.5) is 0 Å². The van der Waals surface area contributed by atoms with Gasteiger partial charge in [0.15, 0.2) is 0 Å². The number of hydrogen-bond acceptors (Lipinski definition) is 1. The quantitative estimate of drug-likeness (QED) is 0.739. The van der Waals surface area contributed by atoms with Crippen molar-refractivity contribution in [3.63, 3.8) is 0 Å². The molecule has 0 atom stereocenters. The zero-order chi connectivity index (χ0) is 10.3. The molecule has 0 fully saturated rings. The van der Waals surface area contributed by atoms with E-state index in [0.717, 1.165) is 17.4 Å². The fourth-order valence-electron chi connectivity index (χ4n) is 2.11. The molecule has 0 bridgehead atoms. The topological polar surface area (TPSA) is 17.8 Å². The summed E-state index contributed by atoms with van der Waals surface area (Å²) in [5.41, 5.74) is 2.49. The SMILES string of the molecule is Brc1ccc(-c2cnc3n2CCC3)cc1.[Cl-]. The van der Waals surface area contributed by atoms with Crippen LogP contribution in [0.2, 0.25) is 0 Å². The summed E-state index contributed by atoms with van der Waals surface area (Å²) in [7, 11) is 0. The monoisotopic (exact) mass is 297 g/mol. The Morgan fingerprint density at radius 3 is 2.69 bits per heavy atom. The van der Waals surface area contributed by atoms with Gasteiger partial charge in [0.05, 0.1) is 11.9 Å². The molecule has 4 heteroatoms. The van der Waals surface area contributed by atoms with Crippen LogP contribution >= 0.6 is 15.9 Å². The lowest BCUT2D eigenvalue weighted by molar-refractivity contribution is -0.00000296. The molecule has 2 nitrogen and oxygen atoms in total. The Morgan fingerprint density at radius 2 is 1.94 bits per heavy atom. The van der Waals surface area contributed by atoms with Crippen LogP contribution in [-0.4, -0.2) is 9.55 Å². The summed E-state index contributed by atoms with van der Waals surface area (Å²) in [6.45, 7) is 1.11. The maximum absolute atomic E-state index is 4.45. The fourth-order valence-corrected chi connectivity index (χ4v) is 2.37. The highest BCUT2D eigenvalue weighted by atomic mass is 79.9. The second-order valence-electron chi connectivity index (χ2n) is 3.82. The summed E-state index contributed by atoms with van der Waals surface area (Å²) < 4.78 is 3.44. The van der Waals surface area contributed by atoms with E-state index in [1.807, 2.05) is 6.20 Å². The molecule has 84 valence electrons. The second-order valence-corrected chi connectivity index (χ2v) is 4.74. The molecule has 1 aliphatic heterocycles. The number of imidazole rings is 1. The van der Waals surface area contributed by atoms with E-state index in [-0.39, 0.29) is 12.4 Å². The Balaban J connectivity index is 0.000000963. The third-order valence-corrected chi connectivity index (χ3v) is 3.39. The predicted molar refractivity (Wildman–Crippen MR) is 63.7 cm³/mol. The van der Waals surface area contributed by atoms with Crippen molar-refractivity contribution >= 4 is 15.9 Å². The maximum atomic E-state index is 4.45. The molecule has 0 aliphatic carbocycles. The molecule has 3 rings (SSSR count). The summed E-state index contributed by atoms with van der Waals surface area (Å²) in [4.78, 5) is 4.45. The van der Waals surface area contributed by atoms with Gasteiger partial charge in [0, 0.05) is 17.4 Å². The molecule has 1 aromatic carbocycles. The van der Waals surface area contributed by atoms with E-state index in [2.05, 4.69) is 49.7 Å². The number of aryl methyl sites for hydroxylation is 1. The molecule has 0 saturated carbocycles. The van der Waals surface area contributed by atoms with Crippen molar-refractivity contribution < 1.29 is 12.4 Å². The molecule has 2 heterocycles. The Hall–Kier alpha value is -0.800. The number of benzene rings is 1. The maximum Gasteiger partial charge on any atom is 0.109 e. The number of halogens is 2. The molecular weight excluding hydrogens is 288 g/mol. The summed E-state index contributed by atoms with van der Waals surface area (Å²) in [5.74, 6) is 1.23. The molecule has 16 heavy (non-hydrogen) atoms. The molecule has 0 N–H and O–H groups in total. The molecule has 0 amide bonds. The Labute approximate surface area is 109 Å². The highest BCUT2D eigenvalue weighted by molar-refractivity contribution is 9.10. The van der Waals surface area contributed by atoms with E-state index < -0.39 is 0 Å². The minimum Gasteiger partial charge on any atom is -1.00 e. The van der Waals surface area contributed by atoms with Crippen LogP contribution < -0.4 is 12.4 Å². The van der Waals surface area contributed by atoms with E-state index in [9.17, 15) is 0 Å². The summed E-state index contributed by atoms with van der Waals surface area (Å²) in [6, 6.07) is 8.41. The van der Waals surface area contributed by atoms with Gasteiger partial charge in [0.2, 0.25) is 0 Å². The largest absolute Gasteiger partial charge is 1.00 e. The average molecular weight is 299 g/mol. The lowest BCUT2D eigenvalue weighted by Crippen LogP contribution is -3.00. The first kappa shape index (κ1) is 11.7. The minimum absolute atomic E-state index is 0. The minimum atomic E-state index is 0. The second kappa shape index (κ2) is 4.60. The highest BCUT2D eigenvalue weighted by Gasteiger charge is 2.15. The van der Waals surface area contributed by atoms with Crippen molar-refractivity contribution in [3.05, 3.63) is 40.8 Å². The van der Waals surface area contributed by atoms with Crippen LogP contribution in [0.25, 0.3) is 11.3 Å². The van der Waals surface area contributed by atoms with Crippen LogP contribution in [0.3, 0.4) is 0 Å². The van der Waals surface area contributed by atoms with E-state index >= 15 is 0 Å². The Morgan fingerprint density at radius 1 is 1.19 bits per heavy atom. The van der Waals surface area contributed by atoms with E-state index in [4.69, 9.17) is 0 Å². The van der Waals surface area contributed by atoms with Gasteiger partial charge >= 0.3 is 0 Å². The van der Waals surface area contributed by atoms with E-state index in [0.29, 0.717) is 0 Å². The van der Waals surface area contributed by atoms with E-state index in [1.165, 1.54) is 23.5 Å². The molecule has 0 saturated heterocycles. The molecule has 1 aliphatic rings. The molecule has 0 spiro atoms. The number of fused-ring (bicyclic) bond motifs is 1. The molecule has 0 radical (unpaired) electrons. The molecule has 1 aromatic heterocycles. The summed E-state index contributed by atoms with van der Waals surface area (Å²) in [6.07, 6.45) is 4.33. The van der Waals surface area contributed by atoms with Gasteiger partial charge in [-0.05, 0) is 24.1 Å². The van der Waals surface area contributed by atoms with Crippen LogP contribution in [0.1, 0.15) is 12.2 Å². The van der Waals surface area contributed by atoms with Crippen LogP contribution in [0.5, 0.6) is 0 Å². The van der Waals surface area contributed by atoms with Gasteiger partial charge in [-0.25, -0.2) is 4.98 Å². The number of aromatic nitrogens is 2. The van der Waals surface area contributed by atoms with Gasteiger partial charge < -0.3 is 17.0 Å². The Bertz CT molecular complexity index is 490. The van der Waals surface area contributed by atoms with Crippen LogP contribution in [0, 0.1) is 0 Å². The Kier molecular flexibility index (Phi) is 3.36. The zero-order valence-electron chi connectivity index (χ0n) is 8.66. The van der Waals surface area contributed by atoms with Gasteiger partial charge in [-0.3, -0.25) is 0 Å². The first-order chi connectivity index (χ1) is 7.34. The normalized spacial score (nSPS) is 13.3. The standard InChI is InChI=1S/C12H11BrN2.ClH/c13-10-5-3-9(4-6-10)11-8-14-12-2-1-7-15(11)12;/h3-6,8H,1-2,7H2;1H/p-1. The van der Waals surface area contributed by atoms with Crippen LogP contribution in [-0.2, 0) is 13.0 Å². The fraction of sp³-hybridized carbons (Fsp3) is 0.250. The summed E-state index contributed by atoms with van der Waals surface area (Å²) >= 11 is 3.45. The van der Waals surface area contributed by atoms with E-state index in [1.54, 1.807) is 0 Å². The third-order valence-electron chi connectivity index (χ3n) is 2.86. The van der Waals surface area contributed by atoms with Crippen molar-refractivity contribution in [2.75, 3.05) is 0 Å². The lowest BCUT2D eigenvalue weighted by Gasteiger charge is -2.04. The molecule has 2 aromatic rings. The third kappa shape index (κ3) is 1.89. The van der Waals surface area contributed by atoms with Crippen molar-refractivity contribution in [1.82, 2.24) is 9.55 Å². The molecule has 0 unspecified atom stereocenters. The van der Waals surface area contributed by atoms with Gasteiger partial charge in [-0.1, -0.05) is 28.1 Å². The van der Waals surface area contributed by atoms with Gasteiger partial charge in [0.25, 0.3) is 0 Å². The lowest BCUT2D eigenvalue weighted by atomic mass is 10.2. The highest BCUT2D eigenvalue weighted by Crippen LogP contribution is 2.26. The number of rotatable bonds is 1. The predicted octanol–water partition coefficient (Wildman–Crippen LogP) is 0.263. The van der Waals surface area contributed by atoms with Gasteiger partial charge in [0.1, 0.15) is 5.82 Å². The first-order valence-corrected chi connectivity index (χ1v) is 5.94.